The van der Waals surface area contributed by atoms with Crippen molar-refractivity contribution in [1.82, 2.24) is 15.8 Å². The lowest BCUT2D eigenvalue weighted by Gasteiger charge is -2.34. The van der Waals surface area contributed by atoms with Crippen molar-refractivity contribution in [1.29, 1.82) is 0 Å². The van der Waals surface area contributed by atoms with Gasteiger partial charge >= 0.3 is 5.97 Å². The van der Waals surface area contributed by atoms with Gasteiger partial charge in [-0.2, -0.15) is 0 Å². The van der Waals surface area contributed by atoms with Crippen LogP contribution in [0.25, 0.3) is 0 Å². The number of esters is 1. The number of hydrogen-bond acceptors (Lipinski definition) is 6. The smallest absolute Gasteiger partial charge is 0.325 e. The van der Waals surface area contributed by atoms with Crippen molar-refractivity contribution in [3.05, 3.63) is 0 Å². The SMILES string of the molecule is CC(C)[C@H](O)C(=O)N[C@@H](C)C(=O)N1CCCC(C(=O)OCC(Cl)(Cl)Cl)N1. The topological polar surface area (TPSA) is 108 Å². The number of hydrogen-bond donors (Lipinski definition) is 3. The summed E-state index contributed by atoms with van der Waals surface area (Å²) in [7, 11) is 0. The van der Waals surface area contributed by atoms with E-state index in [0.29, 0.717) is 19.4 Å². The van der Waals surface area contributed by atoms with Crippen LogP contribution in [0.5, 0.6) is 0 Å². The number of carbonyl (C=O) groups is 3. The number of nitrogens with zero attached hydrogens (tertiary/aromatic N) is 1. The third-order valence-electron chi connectivity index (χ3n) is 3.74. The fourth-order valence-electron chi connectivity index (χ4n) is 2.27. The van der Waals surface area contributed by atoms with Crippen molar-refractivity contribution in [2.45, 2.75) is 55.6 Å². The first kappa shape index (κ1) is 23.2. The predicted molar refractivity (Wildman–Crippen MR) is 97.6 cm³/mol. The van der Waals surface area contributed by atoms with E-state index in [9.17, 15) is 19.5 Å². The van der Waals surface area contributed by atoms with Crippen LogP contribution >= 0.6 is 34.8 Å². The molecule has 3 N–H and O–H groups in total. The summed E-state index contributed by atoms with van der Waals surface area (Å²) in [6.07, 6.45) is -0.194. The van der Waals surface area contributed by atoms with Crippen LogP contribution in [0.15, 0.2) is 0 Å². The van der Waals surface area contributed by atoms with E-state index in [4.69, 9.17) is 39.5 Å². The predicted octanol–water partition coefficient (Wildman–Crippen LogP) is 0.917. The molecule has 2 amide bonds. The number of rotatable bonds is 6. The molecule has 0 spiro atoms. The summed E-state index contributed by atoms with van der Waals surface area (Å²) < 4.78 is 3.21. The number of hydrazine groups is 1. The van der Waals surface area contributed by atoms with Crippen molar-refractivity contribution in [3.63, 3.8) is 0 Å². The molecule has 0 radical (unpaired) electrons. The van der Waals surface area contributed by atoms with Crippen molar-refractivity contribution in [3.8, 4) is 0 Å². The maximum atomic E-state index is 12.5. The lowest BCUT2D eigenvalue weighted by molar-refractivity contribution is -0.153. The molecule has 1 unspecified atom stereocenters. The molecule has 3 atom stereocenters. The summed E-state index contributed by atoms with van der Waals surface area (Å²) in [5.74, 6) is -1.98. The first-order valence-corrected chi connectivity index (χ1v) is 9.35. The third-order valence-corrected chi connectivity index (χ3v) is 4.07. The molecule has 1 saturated heterocycles. The zero-order valence-corrected chi connectivity index (χ0v) is 17.1. The first-order chi connectivity index (χ1) is 11.9. The van der Waals surface area contributed by atoms with Crippen LogP contribution in [0.3, 0.4) is 0 Å². The summed E-state index contributed by atoms with van der Waals surface area (Å²) in [5, 5.41) is 13.4. The molecule has 0 aromatic rings. The van der Waals surface area contributed by atoms with Crippen LogP contribution in [-0.4, -0.2) is 63.0 Å². The van der Waals surface area contributed by atoms with Gasteiger partial charge in [0.2, 0.25) is 9.70 Å². The van der Waals surface area contributed by atoms with E-state index in [1.54, 1.807) is 13.8 Å². The van der Waals surface area contributed by atoms with E-state index in [1.165, 1.54) is 11.9 Å². The van der Waals surface area contributed by atoms with Gasteiger partial charge in [-0.1, -0.05) is 48.7 Å². The van der Waals surface area contributed by atoms with Gasteiger partial charge in [-0.25, -0.2) is 5.43 Å². The van der Waals surface area contributed by atoms with Crippen molar-refractivity contribution in [2.75, 3.05) is 13.2 Å². The highest BCUT2D eigenvalue weighted by Crippen LogP contribution is 2.26. The quantitative estimate of drug-likeness (QED) is 0.425. The Kier molecular flexibility index (Phi) is 8.88. The van der Waals surface area contributed by atoms with E-state index < -0.39 is 46.4 Å². The van der Waals surface area contributed by atoms with E-state index in [0.717, 1.165) is 0 Å². The van der Waals surface area contributed by atoms with Crippen LogP contribution in [0, 0.1) is 5.92 Å². The van der Waals surface area contributed by atoms with E-state index in [1.807, 2.05) is 0 Å². The Balaban J connectivity index is 2.58. The average Bonchev–Trinajstić information content (AvgIpc) is 2.57. The van der Waals surface area contributed by atoms with E-state index in [2.05, 4.69) is 10.7 Å². The number of alkyl halides is 3. The molecule has 1 aliphatic rings. The minimum atomic E-state index is -1.71. The third kappa shape index (κ3) is 7.44. The molecule has 8 nitrogen and oxygen atoms in total. The Hall–Kier alpha value is -0.800. The Morgan fingerprint density at radius 1 is 1.31 bits per heavy atom. The Bertz CT molecular complexity index is 527. The van der Waals surface area contributed by atoms with Gasteiger partial charge in [-0.3, -0.25) is 19.4 Å². The number of amides is 2. The summed E-state index contributed by atoms with van der Waals surface area (Å²) in [5.41, 5.74) is 2.76. The standard InChI is InChI=1S/C15H24Cl3N3O5/c1-8(2)11(22)12(23)19-9(3)13(24)21-6-4-5-10(20-21)14(25)26-7-15(16,17)18/h8-11,20,22H,4-7H2,1-3H3,(H,19,23)/t9-,10?,11-/m0/s1. The summed E-state index contributed by atoms with van der Waals surface area (Å²) in [6.45, 7) is 4.84. The van der Waals surface area contributed by atoms with Crippen LogP contribution < -0.4 is 10.7 Å². The van der Waals surface area contributed by atoms with E-state index in [-0.39, 0.29) is 5.92 Å². The lowest BCUT2D eigenvalue weighted by atomic mass is 10.1. The zero-order valence-electron chi connectivity index (χ0n) is 14.8. The fourth-order valence-corrected chi connectivity index (χ4v) is 2.43. The Labute approximate surface area is 167 Å². The minimum absolute atomic E-state index is 0.275. The second-order valence-electron chi connectivity index (χ2n) is 6.46. The molecule has 0 saturated carbocycles. The van der Waals surface area contributed by atoms with Gasteiger partial charge in [0.1, 0.15) is 24.8 Å². The molecule has 0 bridgehead atoms. The molecule has 1 aliphatic heterocycles. The second kappa shape index (κ2) is 9.94. The average molecular weight is 433 g/mol. The maximum Gasteiger partial charge on any atom is 0.325 e. The van der Waals surface area contributed by atoms with Gasteiger partial charge in [0.25, 0.3) is 5.91 Å². The summed E-state index contributed by atoms with van der Waals surface area (Å²) in [6, 6.07) is -1.64. The highest BCUT2D eigenvalue weighted by atomic mass is 35.6. The molecule has 0 aromatic carbocycles. The number of ether oxygens (including phenoxy) is 1. The van der Waals surface area contributed by atoms with Gasteiger partial charge in [-0.05, 0) is 25.7 Å². The lowest BCUT2D eigenvalue weighted by Crippen LogP contribution is -2.60. The molecule has 11 heteroatoms. The molecule has 1 rings (SSSR count). The minimum Gasteiger partial charge on any atom is -0.460 e. The second-order valence-corrected chi connectivity index (χ2v) is 8.97. The number of aliphatic hydroxyl groups is 1. The number of carbonyl (C=O) groups excluding carboxylic acids is 3. The fraction of sp³-hybridized carbons (Fsp3) is 0.800. The van der Waals surface area contributed by atoms with Crippen molar-refractivity contribution >= 4 is 52.6 Å². The largest absolute Gasteiger partial charge is 0.460 e. The highest BCUT2D eigenvalue weighted by Gasteiger charge is 2.33. The summed E-state index contributed by atoms with van der Waals surface area (Å²) >= 11 is 16.6. The van der Waals surface area contributed by atoms with Crippen LogP contribution in [-0.2, 0) is 19.1 Å². The Morgan fingerprint density at radius 2 is 1.92 bits per heavy atom. The van der Waals surface area contributed by atoms with Gasteiger partial charge in [-0.15, -0.1) is 0 Å². The van der Waals surface area contributed by atoms with Crippen molar-refractivity contribution in [2.24, 2.45) is 5.92 Å². The molecule has 26 heavy (non-hydrogen) atoms. The van der Waals surface area contributed by atoms with Crippen LogP contribution in [0.4, 0.5) is 0 Å². The van der Waals surface area contributed by atoms with Crippen LogP contribution in [0.1, 0.15) is 33.6 Å². The molecule has 0 aliphatic carbocycles. The highest BCUT2D eigenvalue weighted by molar-refractivity contribution is 6.67. The zero-order chi connectivity index (χ0) is 20.1. The van der Waals surface area contributed by atoms with Gasteiger partial charge in [0.15, 0.2) is 0 Å². The molecule has 1 heterocycles. The molecule has 1 fully saturated rings. The monoisotopic (exact) mass is 431 g/mol. The number of halogens is 3. The number of aliphatic hydroxyl groups excluding tert-OH is 1. The molecular weight excluding hydrogens is 409 g/mol. The first-order valence-electron chi connectivity index (χ1n) is 8.21. The van der Waals surface area contributed by atoms with Gasteiger partial charge < -0.3 is 15.2 Å². The number of nitrogens with one attached hydrogen (secondary N) is 2. The molecular formula is C15H24Cl3N3O5. The van der Waals surface area contributed by atoms with Gasteiger partial charge in [0, 0.05) is 6.54 Å². The van der Waals surface area contributed by atoms with Crippen LogP contribution in [0.2, 0.25) is 0 Å². The normalized spacial score (nSPS) is 20.5. The molecule has 0 aromatic heterocycles. The van der Waals surface area contributed by atoms with Crippen molar-refractivity contribution < 1.29 is 24.2 Å². The maximum absolute atomic E-state index is 12.5. The Morgan fingerprint density at radius 3 is 2.46 bits per heavy atom. The van der Waals surface area contributed by atoms with Gasteiger partial charge in [0.05, 0.1) is 0 Å². The van der Waals surface area contributed by atoms with E-state index >= 15 is 0 Å². The summed E-state index contributed by atoms with van der Waals surface area (Å²) in [4.78, 5) is 36.4. The molecule has 150 valence electrons.